The largest absolute Gasteiger partial charge is 0.496 e. The fraction of sp³-hybridized carbons (Fsp3) is 0.130. The summed E-state index contributed by atoms with van der Waals surface area (Å²) < 4.78 is 7.52. The van der Waals surface area contributed by atoms with Gasteiger partial charge in [-0.15, -0.1) is 0 Å². The molecule has 5 rings (SSSR count). The number of fused-ring (bicyclic) bond motifs is 2. The van der Waals surface area contributed by atoms with E-state index in [0.717, 1.165) is 45.7 Å². The smallest absolute Gasteiger partial charge is 0.180 e. The highest BCUT2D eigenvalue weighted by Gasteiger charge is 2.11. The van der Waals surface area contributed by atoms with E-state index in [0.29, 0.717) is 5.82 Å². The van der Waals surface area contributed by atoms with Crippen molar-refractivity contribution in [1.82, 2.24) is 19.4 Å². The van der Waals surface area contributed by atoms with Crippen LogP contribution in [-0.2, 0) is 6.42 Å². The van der Waals surface area contributed by atoms with Gasteiger partial charge in [-0.2, -0.15) is 0 Å². The molecule has 2 aromatic carbocycles. The van der Waals surface area contributed by atoms with Crippen LogP contribution in [0.3, 0.4) is 0 Å². The summed E-state index contributed by atoms with van der Waals surface area (Å²) in [6.45, 7) is 2.12. The highest BCUT2D eigenvalue weighted by atomic mass is 16.5. The average molecular weight is 383 g/mol. The van der Waals surface area contributed by atoms with Crippen molar-refractivity contribution in [2.75, 3.05) is 12.4 Å². The molecule has 0 radical (unpaired) electrons. The molecule has 0 aliphatic rings. The Kier molecular flexibility index (Phi) is 4.17. The second kappa shape index (κ2) is 6.98. The molecule has 0 spiro atoms. The van der Waals surface area contributed by atoms with E-state index in [1.807, 2.05) is 35.1 Å². The van der Waals surface area contributed by atoms with Gasteiger partial charge in [0.25, 0.3) is 0 Å². The Morgan fingerprint density at radius 3 is 2.93 bits per heavy atom. The summed E-state index contributed by atoms with van der Waals surface area (Å²) in [5.74, 6) is 1.57. The van der Waals surface area contributed by atoms with E-state index in [4.69, 9.17) is 9.72 Å². The summed E-state index contributed by atoms with van der Waals surface area (Å²) in [5.41, 5.74) is 5.89. The molecule has 29 heavy (non-hydrogen) atoms. The maximum absolute atomic E-state index is 5.53. The fourth-order valence-corrected chi connectivity index (χ4v) is 3.62. The minimum atomic E-state index is 0.702. The molecule has 0 saturated carbocycles. The molecule has 0 fully saturated rings. The Morgan fingerprint density at radius 2 is 2.07 bits per heavy atom. The third-order valence-corrected chi connectivity index (χ3v) is 5.15. The highest BCUT2D eigenvalue weighted by molar-refractivity contribution is 5.85. The van der Waals surface area contributed by atoms with Crippen molar-refractivity contribution in [2.24, 2.45) is 0 Å². The van der Waals surface area contributed by atoms with Gasteiger partial charge in [-0.3, -0.25) is 0 Å². The first-order chi connectivity index (χ1) is 14.2. The highest BCUT2D eigenvalue weighted by Crippen LogP contribution is 2.29. The number of hydrogen-bond donors (Lipinski definition) is 2. The van der Waals surface area contributed by atoms with Crippen LogP contribution in [0.5, 0.6) is 5.75 Å². The van der Waals surface area contributed by atoms with E-state index in [1.165, 1.54) is 5.56 Å². The number of aromatic nitrogens is 4. The summed E-state index contributed by atoms with van der Waals surface area (Å²) in [7, 11) is 1.70. The fourth-order valence-electron chi connectivity index (χ4n) is 3.62. The number of ether oxygens (including phenoxy) is 1. The lowest BCUT2D eigenvalue weighted by Crippen LogP contribution is -2.01. The van der Waals surface area contributed by atoms with Gasteiger partial charge < -0.3 is 19.4 Å². The number of aromatic amines is 1. The molecule has 3 aromatic heterocycles. The van der Waals surface area contributed by atoms with Crippen LogP contribution >= 0.6 is 0 Å². The van der Waals surface area contributed by atoms with E-state index in [9.17, 15) is 0 Å². The summed E-state index contributed by atoms with van der Waals surface area (Å²) >= 11 is 0. The van der Waals surface area contributed by atoms with Gasteiger partial charge in [0.05, 0.1) is 12.8 Å². The van der Waals surface area contributed by atoms with Crippen LogP contribution in [0.15, 0.2) is 67.3 Å². The van der Waals surface area contributed by atoms with Gasteiger partial charge >= 0.3 is 0 Å². The molecule has 2 N–H and O–H groups in total. The molecule has 0 atom stereocenters. The van der Waals surface area contributed by atoms with Gasteiger partial charge in [-0.25, -0.2) is 9.97 Å². The van der Waals surface area contributed by atoms with E-state index >= 15 is 0 Å². The number of benzene rings is 2. The zero-order chi connectivity index (χ0) is 19.8. The van der Waals surface area contributed by atoms with Crippen LogP contribution in [-0.4, -0.2) is 26.5 Å². The second-order valence-corrected chi connectivity index (χ2v) is 6.92. The van der Waals surface area contributed by atoms with Crippen molar-refractivity contribution < 1.29 is 4.74 Å². The lowest BCUT2D eigenvalue weighted by molar-refractivity contribution is 0.410. The Bertz CT molecular complexity index is 1320. The van der Waals surface area contributed by atoms with Gasteiger partial charge in [-0.05, 0) is 36.2 Å². The van der Waals surface area contributed by atoms with Gasteiger partial charge in [0, 0.05) is 53.0 Å². The monoisotopic (exact) mass is 383 g/mol. The molecule has 3 heterocycles. The standard InChI is InChI=1S/C23H21N5O/c1-3-15-4-6-18(13-21(15)29-2)26-22-23-25-10-11-28(23)14-20(27-22)16-5-7-19-17(12-16)8-9-24-19/h4-14,24H,3H2,1-2H3,(H,26,27). The zero-order valence-electron chi connectivity index (χ0n) is 16.3. The Labute approximate surface area is 168 Å². The predicted octanol–water partition coefficient (Wildman–Crippen LogP) is 5.19. The molecule has 6 nitrogen and oxygen atoms in total. The lowest BCUT2D eigenvalue weighted by Gasteiger charge is -2.13. The molecule has 0 amide bonds. The molecule has 0 aliphatic carbocycles. The van der Waals surface area contributed by atoms with Crippen LogP contribution in [0.4, 0.5) is 11.5 Å². The minimum absolute atomic E-state index is 0.702. The third kappa shape index (κ3) is 3.08. The molecule has 0 unspecified atom stereocenters. The van der Waals surface area contributed by atoms with Gasteiger partial charge in [0.2, 0.25) is 0 Å². The number of imidazole rings is 1. The van der Waals surface area contributed by atoms with Crippen molar-refractivity contribution in [3.8, 4) is 17.0 Å². The van der Waals surface area contributed by atoms with Crippen LogP contribution in [0.2, 0.25) is 0 Å². The normalized spacial score (nSPS) is 11.2. The van der Waals surface area contributed by atoms with Crippen molar-refractivity contribution in [2.45, 2.75) is 13.3 Å². The lowest BCUT2D eigenvalue weighted by atomic mass is 10.1. The molecule has 0 saturated heterocycles. The first-order valence-electron chi connectivity index (χ1n) is 9.60. The summed E-state index contributed by atoms with van der Waals surface area (Å²) in [5, 5.41) is 4.58. The van der Waals surface area contributed by atoms with Crippen LogP contribution < -0.4 is 10.1 Å². The number of H-pyrrole nitrogens is 1. The topological polar surface area (TPSA) is 67.2 Å². The third-order valence-electron chi connectivity index (χ3n) is 5.15. The molecule has 144 valence electrons. The predicted molar refractivity (Wildman–Crippen MR) is 116 cm³/mol. The molecule has 0 bridgehead atoms. The van der Waals surface area contributed by atoms with Crippen molar-refractivity contribution in [3.05, 3.63) is 72.8 Å². The maximum atomic E-state index is 5.53. The molecule has 6 heteroatoms. The van der Waals surface area contributed by atoms with Crippen molar-refractivity contribution >= 4 is 28.1 Å². The van der Waals surface area contributed by atoms with Crippen LogP contribution in [0.25, 0.3) is 27.8 Å². The first kappa shape index (κ1) is 17.3. The number of aryl methyl sites for hydroxylation is 1. The second-order valence-electron chi connectivity index (χ2n) is 6.92. The molecular weight excluding hydrogens is 362 g/mol. The van der Waals surface area contributed by atoms with E-state index in [1.54, 1.807) is 13.3 Å². The van der Waals surface area contributed by atoms with Gasteiger partial charge in [0.1, 0.15) is 5.75 Å². The number of hydrogen-bond acceptors (Lipinski definition) is 4. The summed E-state index contributed by atoms with van der Waals surface area (Å²) in [6.07, 6.45) is 8.58. The first-order valence-corrected chi connectivity index (χ1v) is 9.60. The van der Waals surface area contributed by atoms with E-state index < -0.39 is 0 Å². The van der Waals surface area contributed by atoms with Crippen molar-refractivity contribution in [1.29, 1.82) is 0 Å². The van der Waals surface area contributed by atoms with Gasteiger partial charge in [-0.1, -0.05) is 19.1 Å². The number of nitrogens with one attached hydrogen (secondary N) is 2. The quantitative estimate of drug-likeness (QED) is 0.438. The average Bonchev–Trinajstić information content (AvgIpc) is 3.42. The zero-order valence-corrected chi connectivity index (χ0v) is 16.3. The molecule has 0 aliphatic heterocycles. The van der Waals surface area contributed by atoms with Crippen LogP contribution in [0.1, 0.15) is 12.5 Å². The van der Waals surface area contributed by atoms with Crippen molar-refractivity contribution in [3.63, 3.8) is 0 Å². The Hall–Kier alpha value is -3.80. The minimum Gasteiger partial charge on any atom is -0.496 e. The number of methoxy groups -OCH3 is 1. The Morgan fingerprint density at radius 1 is 1.14 bits per heavy atom. The van der Waals surface area contributed by atoms with Gasteiger partial charge in [0.15, 0.2) is 11.5 Å². The maximum Gasteiger partial charge on any atom is 0.180 e. The molecular formula is C23H21N5O. The van der Waals surface area contributed by atoms with E-state index in [2.05, 4.69) is 52.5 Å². The molecule has 5 aromatic rings. The number of nitrogens with zero attached hydrogens (tertiary/aromatic N) is 3. The van der Waals surface area contributed by atoms with E-state index in [-0.39, 0.29) is 0 Å². The van der Waals surface area contributed by atoms with Crippen LogP contribution in [0, 0.1) is 0 Å². The number of rotatable bonds is 5. The Balaban J connectivity index is 1.59. The summed E-state index contributed by atoms with van der Waals surface area (Å²) in [4.78, 5) is 12.6. The number of anilines is 2. The SMILES string of the molecule is CCc1ccc(Nc2nc(-c3ccc4[nH]ccc4c3)cn3ccnc23)cc1OC. The summed E-state index contributed by atoms with van der Waals surface area (Å²) in [6, 6.07) is 14.5.